The van der Waals surface area contributed by atoms with E-state index in [9.17, 15) is 43.8 Å². The van der Waals surface area contributed by atoms with Gasteiger partial charge in [0.25, 0.3) is 6.47 Å². The van der Waals surface area contributed by atoms with Gasteiger partial charge in [-0.15, -0.1) is 0 Å². The standard InChI is InChI=1S/C38H50O16/c1-10-19(2)31(45)34(46)53-33-32(51-18-39)30(20(3)38(47)26(42)13-24(37(33,38)8)23-11-12-49-16-23)36(7)25(14-28(43)48-9)35(6,17-50-21(4)40)54-29(44)15-27(36)52-22(5)41/h11-12,16,18-19,24-25,27,30-33,45,47H,3,10,13-15,17H2,1-2,4-9H3/t19?,24-,25-,27-,30?,31?,32+,33-,35+,36+,37+,38+/m0/s1. The predicted octanol–water partition coefficient (Wildman–Crippen LogP) is 2.51. The molecule has 0 amide bonds. The van der Waals surface area contributed by atoms with Crippen LogP contribution >= 0.6 is 0 Å². The van der Waals surface area contributed by atoms with Crippen molar-refractivity contribution in [2.45, 2.75) is 116 Å². The lowest BCUT2D eigenvalue weighted by molar-refractivity contribution is -0.239. The van der Waals surface area contributed by atoms with Crippen LogP contribution in [-0.2, 0) is 62.0 Å². The van der Waals surface area contributed by atoms with Gasteiger partial charge in [0.2, 0.25) is 0 Å². The molecule has 2 N–H and O–H groups in total. The number of Topliss-reactive ketones (excluding diaryl/α,β-unsaturated/α-hetero) is 1. The van der Waals surface area contributed by atoms with Gasteiger partial charge in [-0.05, 0) is 30.0 Å². The normalized spacial score (nSPS) is 36.1. The number of rotatable bonds is 13. The summed E-state index contributed by atoms with van der Waals surface area (Å²) in [7, 11) is 1.10. The van der Waals surface area contributed by atoms with E-state index in [1.807, 2.05) is 0 Å². The van der Waals surface area contributed by atoms with Crippen molar-refractivity contribution in [3.8, 4) is 0 Å². The Morgan fingerprint density at radius 2 is 1.76 bits per heavy atom. The van der Waals surface area contributed by atoms with Gasteiger partial charge < -0.3 is 43.1 Å². The Morgan fingerprint density at radius 1 is 1.09 bits per heavy atom. The summed E-state index contributed by atoms with van der Waals surface area (Å²) in [4.78, 5) is 92.7. The number of furan rings is 1. The van der Waals surface area contributed by atoms with Crippen molar-refractivity contribution in [2.75, 3.05) is 13.7 Å². The minimum absolute atomic E-state index is 0.0597. The number of methoxy groups -OCH3 is 1. The van der Waals surface area contributed by atoms with Crippen LogP contribution in [0.4, 0.5) is 0 Å². The van der Waals surface area contributed by atoms with Gasteiger partial charge in [-0.25, -0.2) is 4.79 Å². The van der Waals surface area contributed by atoms with Crippen LogP contribution < -0.4 is 0 Å². The number of hydrogen-bond donors (Lipinski definition) is 2. The zero-order valence-electron chi connectivity index (χ0n) is 31.8. The molecule has 0 bridgehead atoms. The Bertz CT molecular complexity index is 1650. The van der Waals surface area contributed by atoms with Crippen LogP contribution in [-0.4, -0.2) is 102 Å². The van der Waals surface area contributed by atoms with E-state index in [1.165, 1.54) is 33.3 Å². The van der Waals surface area contributed by atoms with Crippen molar-refractivity contribution in [3.05, 3.63) is 36.3 Å². The number of fused-ring (bicyclic) bond motifs is 1. The van der Waals surface area contributed by atoms with Gasteiger partial charge in [0, 0.05) is 43.4 Å². The Labute approximate surface area is 312 Å². The molecule has 12 atom stereocenters. The first-order chi connectivity index (χ1) is 25.2. The molecular weight excluding hydrogens is 712 g/mol. The first-order valence-electron chi connectivity index (χ1n) is 17.7. The van der Waals surface area contributed by atoms with Crippen molar-refractivity contribution in [1.82, 2.24) is 0 Å². The molecule has 1 saturated heterocycles. The lowest BCUT2D eigenvalue weighted by Crippen LogP contribution is -2.72. The molecular formula is C38H50O16. The van der Waals surface area contributed by atoms with E-state index in [-0.39, 0.29) is 18.5 Å². The SMILES string of the molecule is C=C1C([C@@]2(C)[C@@H](OC(C)=O)CC(=O)O[C@](C)(COC(C)=O)[C@@H]2CC(=O)OC)[C@@H](OC=O)[C@H](OC(=O)C(O)C(C)CC)[C@@]2(C)[C@H](c3ccoc3)CC(=O)[C@]12O. The molecule has 1 aromatic heterocycles. The number of esters is 5. The number of aliphatic hydroxyl groups excluding tert-OH is 1. The van der Waals surface area contributed by atoms with Crippen LogP contribution in [0.5, 0.6) is 0 Å². The minimum Gasteiger partial charge on any atom is -0.472 e. The molecule has 0 radical (unpaired) electrons. The zero-order chi connectivity index (χ0) is 40.6. The summed E-state index contributed by atoms with van der Waals surface area (Å²) in [5, 5.41) is 24.1. The maximum absolute atomic E-state index is 14.4. The molecule has 16 heteroatoms. The maximum Gasteiger partial charge on any atom is 0.335 e. The van der Waals surface area contributed by atoms with Crippen molar-refractivity contribution in [1.29, 1.82) is 0 Å². The van der Waals surface area contributed by atoms with Gasteiger partial charge in [0.1, 0.15) is 30.5 Å². The average molecular weight is 763 g/mol. The van der Waals surface area contributed by atoms with Crippen LogP contribution in [0.15, 0.2) is 35.2 Å². The van der Waals surface area contributed by atoms with E-state index in [2.05, 4.69) is 6.58 Å². The van der Waals surface area contributed by atoms with E-state index >= 15 is 0 Å². The molecule has 3 aliphatic rings. The molecule has 2 heterocycles. The molecule has 2 aliphatic carbocycles. The molecule has 1 aromatic rings. The summed E-state index contributed by atoms with van der Waals surface area (Å²) in [6, 6.07) is 1.56. The summed E-state index contributed by atoms with van der Waals surface area (Å²) in [6.45, 7) is 13.5. The molecule has 0 aromatic carbocycles. The highest BCUT2D eigenvalue weighted by Crippen LogP contribution is 2.68. The second-order valence-electron chi connectivity index (χ2n) is 15.2. The van der Waals surface area contributed by atoms with Crippen LogP contribution in [0.2, 0.25) is 0 Å². The van der Waals surface area contributed by atoms with Crippen LogP contribution in [0, 0.1) is 28.6 Å². The Hall–Kier alpha value is -4.57. The smallest absolute Gasteiger partial charge is 0.335 e. The molecule has 3 unspecified atom stereocenters. The molecule has 0 spiro atoms. The molecule has 3 fully saturated rings. The maximum atomic E-state index is 14.4. The lowest BCUT2D eigenvalue weighted by Gasteiger charge is -2.61. The number of carbonyl (C=O) groups is 7. The van der Waals surface area contributed by atoms with Crippen molar-refractivity contribution in [2.24, 2.45) is 28.6 Å². The van der Waals surface area contributed by atoms with Crippen molar-refractivity contribution >= 4 is 42.1 Å². The molecule has 4 rings (SSSR count). The number of hydrogen-bond acceptors (Lipinski definition) is 16. The Kier molecular flexibility index (Phi) is 12.2. The van der Waals surface area contributed by atoms with Crippen molar-refractivity contribution < 1.29 is 76.6 Å². The Morgan fingerprint density at radius 3 is 2.30 bits per heavy atom. The summed E-state index contributed by atoms with van der Waals surface area (Å²) < 4.78 is 39.4. The number of aliphatic hydroxyl groups is 2. The zero-order valence-corrected chi connectivity index (χ0v) is 31.8. The van der Waals surface area contributed by atoms with Crippen LogP contribution in [0.25, 0.3) is 0 Å². The number of cyclic esters (lactones) is 1. The third-order valence-electron chi connectivity index (χ3n) is 12.2. The van der Waals surface area contributed by atoms with E-state index in [0.29, 0.717) is 12.0 Å². The second kappa shape index (κ2) is 15.7. The van der Waals surface area contributed by atoms with E-state index in [1.54, 1.807) is 19.9 Å². The van der Waals surface area contributed by atoms with Gasteiger partial charge in [-0.1, -0.05) is 40.7 Å². The van der Waals surface area contributed by atoms with Gasteiger partial charge in [-0.3, -0.25) is 28.8 Å². The highest BCUT2D eigenvalue weighted by atomic mass is 16.6. The molecule has 298 valence electrons. The average Bonchev–Trinajstić information content (AvgIpc) is 3.70. The lowest BCUT2D eigenvalue weighted by atomic mass is 9.46. The highest BCUT2D eigenvalue weighted by Gasteiger charge is 2.77. The highest BCUT2D eigenvalue weighted by molar-refractivity contribution is 5.96. The quantitative estimate of drug-likeness (QED) is 0.127. The number of carbonyl (C=O) groups excluding carboxylic acids is 7. The van der Waals surface area contributed by atoms with E-state index < -0.39 is 125 Å². The number of ether oxygens (including phenoxy) is 6. The van der Waals surface area contributed by atoms with Crippen LogP contribution in [0.1, 0.15) is 85.6 Å². The number of ketones is 1. The summed E-state index contributed by atoms with van der Waals surface area (Å²) in [6.07, 6.45) is -5.26. The summed E-state index contributed by atoms with van der Waals surface area (Å²) in [5.41, 5.74) is -8.16. The van der Waals surface area contributed by atoms with Gasteiger partial charge in [0.15, 0.2) is 17.5 Å². The molecule has 1 aliphatic heterocycles. The van der Waals surface area contributed by atoms with E-state index in [4.69, 9.17) is 32.8 Å². The fraction of sp³-hybridized carbons (Fsp3) is 0.658. The van der Waals surface area contributed by atoms with Crippen LogP contribution in [0.3, 0.4) is 0 Å². The van der Waals surface area contributed by atoms with E-state index in [0.717, 1.165) is 21.0 Å². The molecule has 2 saturated carbocycles. The minimum atomic E-state index is -2.60. The third-order valence-corrected chi connectivity index (χ3v) is 12.2. The Balaban J connectivity index is 2.13. The van der Waals surface area contributed by atoms with Gasteiger partial charge >= 0.3 is 29.8 Å². The topological polar surface area (TPSA) is 228 Å². The van der Waals surface area contributed by atoms with Crippen molar-refractivity contribution in [3.63, 3.8) is 0 Å². The van der Waals surface area contributed by atoms with Gasteiger partial charge in [-0.2, -0.15) is 0 Å². The fourth-order valence-electron chi connectivity index (χ4n) is 9.16. The summed E-state index contributed by atoms with van der Waals surface area (Å²) in [5.74, 6) is -9.90. The monoisotopic (exact) mass is 762 g/mol. The fourth-order valence-corrected chi connectivity index (χ4v) is 9.16. The molecule has 16 nitrogen and oxygen atoms in total. The molecule has 54 heavy (non-hydrogen) atoms. The first-order valence-corrected chi connectivity index (χ1v) is 17.7. The van der Waals surface area contributed by atoms with Gasteiger partial charge in [0.05, 0.1) is 37.9 Å². The summed E-state index contributed by atoms with van der Waals surface area (Å²) >= 11 is 0. The third kappa shape index (κ3) is 6.93. The second-order valence-corrected chi connectivity index (χ2v) is 15.2. The predicted molar refractivity (Wildman–Crippen MR) is 183 cm³/mol. The largest absolute Gasteiger partial charge is 0.472 e. The first kappa shape index (κ1) is 42.2.